The first kappa shape index (κ1) is 51.8. The van der Waals surface area contributed by atoms with Gasteiger partial charge in [-0.05, 0) is 19.3 Å². The molecule has 0 radical (unpaired) electrons. The Kier molecular flexibility index (Phi) is 44.2. The number of hydrogen-bond donors (Lipinski definition) is 2. The zero-order valence-electron chi connectivity index (χ0n) is 35.2. The molecule has 0 amide bonds. The second kappa shape index (κ2) is 43.5. The van der Waals surface area contributed by atoms with E-state index in [2.05, 4.69) is 33.4 Å². The Morgan fingerprint density at radius 3 is 0.725 bits per heavy atom. The zero-order chi connectivity index (χ0) is 37.2. The Morgan fingerprint density at radius 2 is 0.529 bits per heavy atom. The van der Waals surface area contributed by atoms with E-state index in [1.807, 2.05) is 0 Å². The van der Waals surface area contributed by atoms with Gasteiger partial charge in [-0.25, -0.2) is 0 Å². The van der Waals surface area contributed by atoms with Crippen molar-refractivity contribution in [3.05, 3.63) is 0 Å². The lowest BCUT2D eigenvalue weighted by molar-refractivity contribution is 0.0555. The molecular formula is C45H94O3S2Si. The molecule has 0 saturated carbocycles. The van der Waals surface area contributed by atoms with Gasteiger partial charge in [0, 0.05) is 36.9 Å². The molecule has 0 aliphatic carbocycles. The molecule has 0 aromatic rings. The maximum Gasteiger partial charge on any atom is 0.502 e. The summed E-state index contributed by atoms with van der Waals surface area (Å²) < 4.78 is 20.2. The molecule has 0 aromatic heterocycles. The van der Waals surface area contributed by atoms with Gasteiger partial charge >= 0.3 is 8.80 Å². The first-order valence-electron chi connectivity index (χ1n) is 23.3. The molecule has 1 unspecified atom stereocenters. The predicted octanol–water partition coefficient (Wildman–Crippen LogP) is 16.3. The summed E-state index contributed by atoms with van der Waals surface area (Å²) in [5, 5.41) is 0.144. The highest BCUT2D eigenvalue weighted by Gasteiger charge is 2.42. The van der Waals surface area contributed by atoms with Crippen molar-refractivity contribution in [2.75, 3.05) is 25.6 Å². The molecule has 0 N–H and O–H groups in total. The molecule has 1 atom stereocenters. The summed E-state index contributed by atoms with van der Waals surface area (Å²) in [5.41, 5.74) is 0. The molecule has 0 heterocycles. The molecule has 51 heavy (non-hydrogen) atoms. The van der Waals surface area contributed by atoms with Gasteiger partial charge in [0.05, 0.1) is 0 Å². The minimum atomic E-state index is -2.81. The van der Waals surface area contributed by atoms with E-state index in [-0.39, 0.29) is 5.25 Å². The fraction of sp³-hybridized carbons (Fsp3) is 1.00. The molecule has 3 nitrogen and oxygen atoms in total. The van der Waals surface area contributed by atoms with Crippen molar-refractivity contribution in [2.24, 2.45) is 0 Å². The van der Waals surface area contributed by atoms with E-state index in [0.717, 1.165) is 50.9 Å². The summed E-state index contributed by atoms with van der Waals surface area (Å²) in [4.78, 5) is 0. The third-order valence-corrected chi connectivity index (χ3v) is 15.0. The summed E-state index contributed by atoms with van der Waals surface area (Å²) in [6.45, 7) is 9.17. The van der Waals surface area contributed by atoms with Crippen LogP contribution in [0, 0.1) is 0 Å². The largest absolute Gasteiger partial charge is 0.502 e. The van der Waals surface area contributed by atoms with E-state index in [9.17, 15) is 0 Å². The van der Waals surface area contributed by atoms with Crippen LogP contribution in [0.3, 0.4) is 0 Å². The summed E-state index contributed by atoms with van der Waals surface area (Å²) in [7, 11) is -2.81. The third-order valence-electron chi connectivity index (χ3n) is 10.7. The smallest absolute Gasteiger partial charge is 0.373 e. The van der Waals surface area contributed by atoms with E-state index >= 15 is 0 Å². The van der Waals surface area contributed by atoms with Crippen molar-refractivity contribution in [1.82, 2.24) is 0 Å². The fourth-order valence-corrected chi connectivity index (χ4v) is 10.9. The highest BCUT2D eigenvalue weighted by atomic mass is 32.1. The average Bonchev–Trinajstić information content (AvgIpc) is 3.14. The number of hydrogen-bond acceptors (Lipinski definition) is 5. The van der Waals surface area contributed by atoms with E-state index < -0.39 is 8.80 Å². The van der Waals surface area contributed by atoms with Gasteiger partial charge in [-0.2, -0.15) is 25.3 Å². The van der Waals surface area contributed by atoms with Crippen LogP contribution in [-0.4, -0.2) is 39.6 Å². The topological polar surface area (TPSA) is 27.7 Å². The van der Waals surface area contributed by atoms with Crippen LogP contribution in [0.2, 0.25) is 6.04 Å². The molecule has 0 aromatic carbocycles. The molecule has 0 saturated heterocycles. The van der Waals surface area contributed by atoms with Gasteiger partial charge in [-0.1, -0.05) is 233 Å². The summed E-state index contributed by atoms with van der Waals surface area (Å²) in [6, 6.07) is 0.772. The molecular weight excluding hydrogens is 681 g/mol. The fourth-order valence-electron chi connectivity index (χ4n) is 7.17. The van der Waals surface area contributed by atoms with Crippen LogP contribution >= 0.6 is 25.3 Å². The van der Waals surface area contributed by atoms with Gasteiger partial charge in [-0.15, -0.1) is 0 Å². The van der Waals surface area contributed by atoms with Crippen molar-refractivity contribution < 1.29 is 13.3 Å². The standard InChI is InChI=1S/C45H94O3S2Si/c1-4-7-10-13-16-19-22-25-28-31-34-37-40-46-51(44-45(50)43-49,47-41-38-35-32-29-26-23-20-17-14-11-8-5-2)48-42-39-36-33-30-27-24-21-18-15-12-9-6-3/h45,49-50H,4-44H2,1-3H3. The van der Waals surface area contributed by atoms with Crippen LogP contribution < -0.4 is 0 Å². The minimum Gasteiger partial charge on any atom is -0.373 e. The quantitative estimate of drug-likeness (QED) is 0.0367. The molecule has 0 rings (SSSR count). The number of unbranched alkanes of at least 4 members (excludes halogenated alkanes) is 33. The molecule has 0 bridgehead atoms. The normalized spacial score (nSPS) is 12.6. The Morgan fingerprint density at radius 1 is 0.333 bits per heavy atom. The molecule has 0 fully saturated rings. The van der Waals surface area contributed by atoms with Crippen LogP contribution in [0.1, 0.15) is 252 Å². The SMILES string of the molecule is CCCCCCCCCCCCCCO[Si](CC(S)CS)(OCCCCCCCCCCCCCC)OCCCCCCCCCCCCCC. The highest BCUT2D eigenvalue weighted by molar-refractivity contribution is 7.84. The van der Waals surface area contributed by atoms with Gasteiger partial charge < -0.3 is 13.3 Å². The summed E-state index contributed by atoms with van der Waals surface area (Å²) in [6.07, 6.45) is 48.9. The van der Waals surface area contributed by atoms with Crippen LogP contribution in [0.25, 0.3) is 0 Å². The molecule has 0 aliphatic heterocycles. The van der Waals surface area contributed by atoms with Gasteiger partial charge in [0.1, 0.15) is 0 Å². The van der Waals surface area contributed by atoms with Crippen LogP contribution in [0.4, 0.5) is 0 Å². The van der Waals surface area contributed by atoms with E-state index in [1.54, 1.807) is 0 Å². The molecule has 308 valence electrons. The monoisotopic (exact) mass is 775 g/mol. The second-order valence-corrected chi connectivity index (χ2v) is 19.7. The van der Waals surface area contributed by atoms with Gasteiger partial charge in [-0.3, -0.25) is 0 Å². The van der Waals surface area contributed by atoms with Crippen molar-refractivity contribution >= 4 is 34.1 Å². The van der Waals surface area contributed by atoms with Crippen LogP contribution in [0.15, 0.2) is 0 Å². The number of rotatable bonds is 45. The third kappa shape index (κ3) is 38.9. The van der Waals surface area contributed by atoms with E-state index in [1.165, 1.54) is 212 Å². The van der Waals surface area contributed by atoms with Crippen LogP contribution in [-0.2, 0) is 13.3 Å². The summed E-state index contributed by atoms with van der Waals surface area (Å²) in [5.74, 6) is 0.726. The lowest BCUT2D eigenvalue weighted by Crippen LogP contribution is -2.48. The minimum absolute atomic E-state index is 0.144. The zero-order valence-corrected chi connectivity index (χ0v) is 38.0. The Balaban J connectivity index is 4.56. The molecule has 0 aliphatic rings. The van der Waals surface area contributed by atoms with E-state index in [0.29, 0.717) is 0 Å². The van der Waals surface area contributed by atoms with Crippen LogP contribution in [0.5, 0.6) is 0 Å². The molecule has 0 spiro atoms. The maximum atomic E-state index is 6.72. The van der Waals surface area contributed by atoms with E-state index in [4.69, 9.17) is 25.9 Å². The second-order valence-electron chi connectivity index (χ2n) is 15.9. The maximum absolute atomic E-state index is 6.72. The van der Waals surface area contributed by atoms with Gasteiger partial charge in [0.25, 0.3) is 0 Å². The Hall–Kier alpha value is 0.797. The lowest BCUT2D eigenvalue weighted by Gasteiger charge is -2.31. The van der Waals surface area contributed by atoms with Crippen molar-refractivity contribution in [2.45, 2.75) is 263 Å². The lowest BCUT2D eigenvalue weighted by atomic mass is 10.1. The Bertz CT molecular complexity index is 566. The first-order valence-corrected chi connectivity index (χ1v) is 26.4. The number of thiol groups is 2. The molecule has 6 heteroatoms. The first-order chi connectivity index (χ1) is 25.1. The van der Waals surface area contributed by atoms with Crippen molar-refractivity contribution in [3.63, 3.8) is 0 Å². The van der Waals surface area contributed by atoms with Crippen molar-refractivity contribution in [1.29, 1.82) is 0 Å². The predicted molar refractivity (Wildman–Crippen MR) is 238 cm³/mol. The van der Waals surface area contributed by atoms with Gasteiger partial charge in [0.2, 0.25) is 0 Å². The Labute approximate surface area is 334 Å². The highest BCUT2D eigenvalue weighted by Crippen LogP contribution is 2.24. The van der Waals surface area contributed by atoms with Crippen molar-refractivity contribution in [3.8, 4) is 0 Å². The average molecular weight is 775 g/mol. The van der Waals surface area contributed by atoms with Gasteiger partial charge in [0.15, 0.2) is 0 Å². The summed E-state index contributed by atoms with van der Waals surface area (Å²) >= 11 is 9.46.